The van der Waals surface area contributed by atoms with Gasteiger partial charge in [0.05, 0.1) is 23.3 Å². The summed E-state index contributed by atoms with van der Waals surface area (Å²) in [6.07, 6.45) is 1.48. The van der Waals surface area contributed by atoms with Crippen molar-refractivity contribution in [3.8, 4) is 12.1 Å². The Kier molecular flexibility index (Phi) is 6.14. The van der Waals surface area contributed by atoms with Crippen molar-refractivity contribution in [3.05, 3.63) is 16.4 Å². The quantitative estimate of drug-likeness (QED) is 0.614. The second kappa shape index (κ2) is 8.68. The molecular weight excluding hydrogens is 443 g/mol. The molecule has 4 rings (SSSR count). The molecule has 0 saturated carbocycles. The fourth-order valence-corrected chi connectivity index (χ4v) is 5.42. The topological polar surface area (TPSA) is 117 Å². The summed E-state index contributed by atoms with van der Waals surface area (Å²) in [5, 5.41) is 9.68. The summed E-state index contributed by atoms with van der Waals surface area (Å²) < 4.78 is 28.3. The van der Waals surface area contributed by atoms with Crippen LogP contribution in [0.2, 0.25) is 5.15 Å². The zero-order chi connectivity index (χ0) is 22.2. The van der Waals surface area contributed by atoms with Crippen molar-refractivity contribution < 1.29 is 9.13 Å². The Bertz CT molecular complexity index is 1000. The highest BCUT2D eigenvalue weighted by Crippen LogP contribution is 2.40. The van der Waals surface area contributed by atoms with Crippen LogP contribution in [-0.4, -0.2) is 61.6 Å². The molecule has 0 aromatic carbocycles. The number of nitrogens with two attached hydrogens (primary N) is 1. The number of halogens is 2. The van der Waals surface area contributed by atoms with Crippen LogP contribution in [0.5, 0.6) is 6.01 Å². The van der Waals surface area contributed by atoms with Crippen LogP contribution in [0, 0.1) is 11.3 Å². The van der Waals surface area contributed by atoms with E-state index in [9.17, 15) is 9.65 Å². The third kappa shape index (κ3) is 4.00. The first-order valence-electron chi connectivity index (χ1n) is 10.2. The Balaban J connectivity index is 1.62. The van der Waals surface area contributed by atoms with E-state index in [-0.39, 0.29) is 34.9 Å². The lowest BCUT2D eigenvalue weighted by molar-refractivity contribution is 0.107. The molecule has 2 aliphatic rings. The lowest BCUT2D eigenvalue weighted by Gasteiger charge is -2.31. The van der Waals surface area contributed by atoms with Crippen molar-refractivity contribution >= 4 is 35.0 Å². The summed E-state index contributed by atoms with van der Waals surface area (Å²) in [6, 6.07) is 1.86. The van der Waals surface area contributed by atoms with E-state index in [4.69, 9.17) is 22.1 Å². The first-order chi connectivity index (χ1) is 14.9. The maximum atomic E-state index is 14.0. The second-order valence-corrected chi connectivity index (χ2v) is 8.85. The highest BCUT2D eigenvalue weighted by atomic mass is 35.5. The highest BCUT2D eigenvalue weighted by Gasteiger charge is 2.49. The molecular formula is C19H24ClFN8OS. The molecule has 2 N–H and O–H groups in total. The number of anilines is 2. The van der Waals surface area contributed by atoms with Gasteiger partial charge in [0.1, 0.15) is 30.1 Å². The number of rotatable bonds is 7. The predicted molar refractivity (Wildman–Crippen MR) is 116 cm³/mol. The molecule has 0 radical (unpaired) electrons. The maximum Gasteiger partial charge on any atom is 0.319 e. The molecule has 2 fully saturated rings. The first-order valence-corrected chi connectivity index (χ1v) is 11.3. The lowest BCUT2D eigenvalue weighted by Crippen LogP contribution is -2.43. The minimum Gasteiger partial charge on any atom is -0.461 e. The molecule has 0 bridgehead atoms. The molecule has 12 heteroatoms. The third-order valence-electron chi connectivity index (χ3n) is 6.18. The van der Waals surface area contributed by atoms with Gasteiger partial charge in [-0.15, -0.1) is 0 Å². The number of hydrogen-bond acceptors (Lipinski definition) is 10. The Hall–Kier alpha value is -2.29. The van der Waals surface area contributed by atoms with E-state index in [2.05, 4.69) is 29.7 Å². The van der Waals surface area contributed by atoms with Gasteiger partial charge < -0.3 is 15.4 Å². The molecule has 2 aromatic rings. The van der Waals surface area contributed by atoms with Crippen molar-refractivity contribution in [1.82, 2.24) is 23.6 Å². The first kappa shape index (κ1) is 21.9. The molecule has 166 valence electrons. The summed E-state index contributed by atoms with van der Waals surface area (Å²) in [4.78, 5) is 12.7. The van der Waals surface area contributed by atoms with Crippen molar-refractivity contribution in [3.63, 3.8) is 0 Å². The van der Waals surface area contributed by atoms with Crippen molar-refractivity contribution in [2.45, 2.75) is 50.9 Å². The average Bonchev–Trinajstić information content (AvgIpc) is 3.40. The van der Waals surface area contributed by atoms with E-state index in [0.29, 0.717) is 36.8 Å². The number of nitriles is 1. The van der Waals surface area contributed by atoms with Gasteiger partial charge >= 0.3 is 6.01 Å². The summed E-state index contributed by atoms with van der Waals surface area (Å²) in [6.45, 7) is 5.94. The number of alkyl halides is 1. The standard InChI is InChI=1S/C19H24ClFN8OS/c1-3-29(11(2)14-16(23)27-31-26-14)17-13(8-22)15(20)24-18(25-17)30-10-19-5-4-6-28(19)9-12(21)7-19/h11-12H,3-7,9-10H2,1-2H3,(H2,23,27)/t11?,12-,19+/m1/s1. The molecule has 9 nitrogen and oxygen atoms in total. The number of nitrogen functional groups attached to an aromatic ring is 1. The van der Waals surface area contributed by atoms with Gasteiger partial charge in [-0.3, -0.25) is 4.90 Å². The van der Waals surface area contributed by atoms with Crippen molar-refractivity contribution in [1.29, 1.82) is 5.26 Å². The maximum absolute atomic E-state index is 14.0. The number of nitrogens with zero attached hydrogens (tertiary/aromatic N) is 7. The van der Waals surface area contributed by atoms with E-state index >= 15 is 0 Å². The summed E-state index contributed by atoms with van der Waals surface area (Å²) in [7, 11) is 0. The van der Waals surface area contributed by atoms with Crippen LogP contribution in [0.25, 0.3) is 0 Å². The van der Waals surface area contributed by atoms with E-state index in [1.165, 1.54) is 0 Å². The van der Waals surface area contributed by atoms with E-state index < -0.39 is 6.17 Å². The van der Waals surface area contributed by atoms with E-state index in [0.717, 1.165) is 31.1 Å². The minimum atomic E-state index is -0.849. The Labute approximate surface area is 189 Å². The van der Waals surface area contributed by atoms with Gasteiger partial charge in [-0.05, 0) is 33.2 Å². The van der Waals surface area contributed by atoms with Gasteiger partial charge in [-0.25, -0.2) is 4.39 Å². The minimum absolute atomic E-state index is 0.00749. The van der Waals surface area contributed by atoms with Crippen molar-refractivity contribution in [2.75, 3.05) is 36.9 Å². The van der Waals surface area contributed by atoms with E-state index in [1.807, 2.05) is 18.7 Å². The summed E-state index contributed by atoms with van der Waals surface area (Å²) in [5.41, 5.74) is 6.37. The monoisotopic (exact) mass is 466 g/mol. The van der Waals surface area contributed by atoms with Crippen LogP contribution in [0.1, 0.15) is 50.4 Å². The van der Waals surface area contributed by atoms with Gasteiger partial charge in [0.25, 0.3) is 0 Å². The zero-order valence-corrected chi connectivity index (χ0v) is 19.0. The van der Waals surface area contributed by atoms with Gasteiger partial charge in [0.15, 0.2) is 16.8 Å². The average molecular weight is 467 g/mol. The fraction of sp³-hybridized carbons (Fsp3) is 0.632. The van der Waals surface area contributed by atoms with Gasteiger partial charge in [0.2, 0.25) is 0 Å². The van der Waals surface area contributed by atoms with Gasteiger partial charge in [0, 0.05) is 19.5 Å². The summed E-state index contributed by atoms with van der Waals surface area (Å²) >= 11 is 7.35. The van der Waals surface area contributed by atoms with Crippen LogP contribution in [0.3, 0.4) is 0 Å². The van der Waals surface area contributed by atoms with Crippen LogP contribution in [0.4, 0.5) is 16.0 Å². The van der Waals surface area contributed by atoms with Crippen LogP contribution in [-0.2, 0) is 0 Å². The largest absolute Gasteiger partial charge is 0.461 e. The second-order valence-electron chi connectivity index (χ2n) is 7.97. The molecule has 2 aliphatic heterocycles. The van der Waals surface area contributed by atoms with Gasteiger partial charge in [-0.2, -0.15) is 24.0 Å². The van der Waals surface area contributed by atoms with Crippen LogP contribution < -0.4 is 15.4 Å². The molecule has 2 saturated heterocycles. The third-order valence-corrected chi connectivity index (χ3v) is 7.01. The molecule has 1 unspecified atom stereocenters. The molecule has 0 spiro atoms. The Morgan fingerprint density at radius 1 is 1.48 bits per heavy atom. The van der Waals surface area contributed by atoms with Crippen molar-refractivity contribution in [2.24, 2.45) is 0 Å². The smallest absolute Gasteiger partial charge is 0.319 e. The molecule has 4 heterocycles. The molecule has 0 aliphatic carbocycles. The SMILES string of the molecule is CCN(c1nc(OC[C@@]23CCCN2C[C@H](F)C3)nc(Cl)c1C#N)C(C)c1nsnc1N. The predicted octanol–water partition coefficient (Wildman–Crippen LogP) is 2.98. The Morgan fingerprint density at radius 2 is 2.29 bits per heavy atom. The molecule has 31 heavy (non-hydrogen) atoms. The number of hydrogen-bond donors (Lipinski definition) is 1. The van der Waals surface area contributed by atoms with Gasteiger partial charge in [-0.1, -0.05) is 11.6 Å². The lowest BCUT2D eigenvalue weighted by atomic mass is 9.95. The van der Waals surface area contributed by atoms with Crippen LogP contribution in [0.15, 0.2) is 0 Å². The number of aromatic nitrogens is 4. The summed E-state index contributed by atoms with van der Waals surface area (Å²) in [5.74, 6) is 0.684. The number of fused-ring (bicyclic) bond motifs is 1. The molecule has 2 aromatic heterocycles. The normalized spacial score (nSPS) is 24.0. The van der Waals surface area contributed by atoms with E-state index in [1.54, 1.807) is 0 Å². The molecule has 0 amide bonds. The zero-order valence-electron chi connectivity index (χ0n) is 17.4. The highest BCUT2D eigenvalue weighted by molar-refractivity contribution is 6.99. The molecule has 3 atom stereocenters. The number of ether oxygens (including phenoxy) is 1. The Morgan fingerprint density at radius 3 is 2.97 bits per heavy atom. The van der Waals surface area contributed by atoms with Crippen LogP contribution >= 0.6 is 23.3 Å². The fourth-order valence-electron chi connectivity index (χ4n) is 4.67.